The van der Waals surface area contributed by atoms with E-state index in [2.05, 4.69) is 4.98 Å². The predicted molar refractivity (Wildman–Crippen MR) is 73.4 cm³/mol. The van der Waals surface area contributed by atoms with Gasteiger partial charge >= 0.3 is 5.97 Å². The van der Waals surface area contributed by atoms with Gasteiger partial charge < -0.3 is 9.84 Å². The number of aliphatic carboxylic acids is 1. The Kier molecular flexibility index (Phi) is 4.22. The standard InChI is InChI=1S/C12H11NO3S2/c1-2-16-8-3-4-9-10(7-8)18-12(13-9)17-6-5-11(14)15/h3-7H,2H2,1H3,(H,14,15)/b6-5-. The molecular formula is C12H11NO3S2. The Balaban J connectivity index is 2.19. The third kappa shape index (κ3) is 3.24. The van der Waals surface area contributed by atoms with Gasteiger partial charge in [-0.05, 0) is 30.5 Å². The van der Waals surface area contributed by atoms with Crippen molar-refractivity contribution in [3.8, 4) is 5.75 Å². The molecule has 0 spiro atoms. The molecule has 1 N–H and O–H groups in total. The van der Waals surface area contributed by atoms with E-state index >= 15 is 0 Å². The number of thioether (sulfide) groups is 1. The van der Waals surface area contributed by atoms with Gasteiger partial charge in [0.15, 0.2) is 4.34 Å². The van der Waals surface area contributed by atoms with Crippen LogP contribution in [0.1, 0.15) is 6.92 Å². The Morgan fingerprint density at radius 3 is 3.17 bits per heavy atom. The summed E-state index contributed by atoms with van der Waals surface area (Å²) in [6, 6.07) is 5.73. The minimum absolute atomic E-state index is 0.632. The molecule has 0 saturated heterocycles. The van der Waals surface area contributed by atoms with Crippen LogP contribution in [0, 0.1) is 0 Å². The molecule has 0 aliphatic carbocycles. The molecule has 0 amide bonds. The second kappa shape index (κ2) is 5.88. The van der Waals surface area contributed by atoms with Crippen LogP contribution >= 0.6 is 23.1 Å². The van der Waals surface area contributed by atoms with Gasteiger partial charge in [-0.25, -0.2) is 9.78 Å². The summed E-state index contributed by atoms with van der Waals surface area (Å²) in [5, 5.41) is 10.0. The number of aromatic nitrogens is 1. The number of benzene rings is 1. The molecule has 1 heterocycles. The topological polar surface area (TPSA) is 59.4 Å². The minimum Gasteiger partial charge on any atom is -0.494 e. The summed E-state index contributed by atoms with van der Waals surface area (Å²) in [5.41, 5.74) is 0.898. The summed E-state index contributed by atoms with van der Waals surface area (Å²) in [6.45, 7) is 2.57. The highest BCUT2D eigenvalue weighted by molar-refractivity contribution is 8.03. The molecule has 2 aromatic rings. The molecule has 1 aromatic heterocycles. The molecule has 0 aliphatic heterocycles. The van der Waals surface area contributed by atoms with Crippen LogP contribution < -0.4 is 4.74 Å². The Bertz CT molecular complexity index is 592. The van der Waals surface area contributed by atoms with Crippen molar-refractivity contribution in [2.75, 3.05) is 6.61 Å². The van der Waals surface area contributed by atoms with Gasteiger partial charge in [-0.15, -0.1) is 11.3 Å². The molecule has 0 aliphatic rings. The van der Waals surface area contributed by atoms with E-state index in [9.17, 15) is 4.79 Å². The number of carboxylic acid groups (broad SMARTS) is 1. The molecule has 6 heteroatoms. The third-order valence-corrected chi connectivity index (χ3v) is 3.95. The first-order valence-electron chi connectivity index (χ1n) is 5.28. The van der Waals surface area contributed by atoms with Crippen molar-refractivity contribution in [2.45, 2.75) is 11.3 Å². The van der Waals surface area contributed by atoms with E-state index in [0.29, 0.717) is 6.61 Å². The van der Waals surface area contributed by atoms with Crippen molar-refractivity contribution in [3.63, 3.8) is 0 Å². The number of thiazole rings is 1. The minimum atomic E-state index is -0.956. The number of hydrogen-bond donors (Lipinski definition) is 1. The molecule has 0 fully saturated rings. The number of nitrogens with zero attached hydrogens (tertiary/aromatic N) is 1. The van der Waals surface area contributed by atoms with Crippen LogP contribution in [0.5, 0.6) is 5.75 Å². The highest BCUT2D eigenvalue weighted by Gasteiger charge is 2.04. The van der Waals surface area contributed by atoms with Crippen molar-refractivity contribution >= 4 is 39.3 Å². The van der Waals surface area contributed by atoms with E-state index in [-0.39, 0.29) is 0 Å². The van der Waals surface area contributed by atoms with Gasteiger partial charge in [0.25, 0.3) is 0 Å². The molecule has 2 rings (SSSR count). The highest BCUT2D eigenvalue weighted by Crippen LogP contribution is 2.32. The molecule has 0 saturated carbocycles. The molecule has 94 valence electrons. The van der Waals surface area contributed by atoms with Crippen molar-refractivity contribution in [2.24, 2.45) is 0 Å². The van der Waals surface area contributed by atoms with Gasteiger partial charge in [0, 0.05) is 6.08 Å². The SMILES string of the molecule is CCOc1ccc2nc(S/C=C\C(=O)O)sc2c1. The average Bonchev–Trinajstić information content (AvgIpc) is 2.71. The first-order chi connectivity index (χ1) is 8.69. The Hall–Kier alpha value is -1.53. The van der Waals surface area contributed by atoms with E-state index in [1.807, 2.05) is 25.1 Å². The Morgan fingerprint density at radius 2 is 2.44 bits per heavy atom. The molecule has 4 nitrogen and oxygen atoms in total. The molecule has 1 aromatic carbocycles. The maximum absolute atomic E-state index is 10.3. The fraction of sp³-hybridized carbons (Fsp3) is 0.167. The Labute approximate surface area is 112 Å². The van der Waals surface area contributed by atoms with E-state index in [4.69, 9.17) is 9.84 Å². The van der Waals surface area contributed by atoms with Crippen LogP contribution in [-0.4, -0.2) is 22.7 Å². The lowest BCUT2D eigenvalue weighted by Gasteiger charge is -2.00. The number of ether oxygens (including phenoxy) is 1. The average molecular weight is 281 g/mol. The van der Waals surface area contributed by atoms with Gasteiger partial charge in [0.2, 0.25) is 0 Å². The summed E-state index contributed by atoms with van der Waals surface area (Å²) in [7, 11) is 0. The highest BCUT2D eigenvalue weighted by atomic mass is 32.2. The third-order valence-electron chi connectivity index (χ3n) is 2.03. The second-order valence-electron chi connectivity index (χ2n) is 3.30. The van der Waals surface area contributed by atoms with Crippen molar-refractivity contribution in [1.29, 1.82) is 0 Å². The molecule has 0 bridgehead atoms. The maximum atomic E-state index is 10.3. The van der Waals surface area contributed by atoms with E-state index in [1.54, 1.807) is 0 Å². The zero-order valence-corrected chi connectivity index (χ0v) is 11.3. The fourth-order valence-corrected chi connectivity index (χ4v) is 3.15. The molecule has 18 heavy (non-hydrogen) atoms. The van der Waals surface area contributed by atoms with Crippen LogP contribution in [-0.2, 0) is 4.79 Å². The Morgan fingerprint density at radius 1 is 1.61 bits per heavy atom. The summed E-state index contributed by atoms with van der Waals surface area (Å²) in [6.07, 6.45) is 1.10. The molecule has 0 unspecified atom stereocenters. The summed E-state index contributed by atoms with van der Waals surface area (Å²) in [4.78, 5) is 14.7. The number of rotatable bonds is 5. The molecular weight excluding hydrogens is 270 g/mol. The maximum Gasteiger partial charge on any atom is 0.328 e. The van der Waals surface area contributed by atoms with Gasteiger partial charge in [-0.3, -0.25) is 0 Å². The lowest BCUT2D eigenvalue weighted by atomic mass is 10.3. The van der Waals surface area contributed by atoms with Crippen molar-refractivity contribution in [3.05, 3.63) is 29.7 Å². The van der Waals surface area contributed by atoms with Gasteiger partial charge in [-0.2, -0.15) is 0 Å². The fourth-order valence-electron chi connectivity index (χ4n) is 1.34. The van der Waals surface area contributed by atoms with Crippen LogP contribution in [0.3, 0.4) is 0 Å². The van der Waals surface area contributed by atoms with Crippen LogP contribution in [0.15, 0.2) is 34.0 Å². The summed E-state index contributed by atoms with van der Waals surface area (Å²) in [5.74, 6) is -0.131. The molecule has 0 atom stereocenters. The van der Waals surface area contributed by atoms with Crippen LogP contribution in [0.2, 0.25) is 0 Å². The van der Waals surface area contributed by atoms with Crippen LogP contribution in [0.4, 0.5) is 0 Å². The number of carbonyl (C=O) groups is 1. The van der Waals surface area contributed by atoms with E-state index in [1.165, 1.54) is 28.5 Å². The lowest BCUT2D eigenvalue weighted by molar-refractivity contribution is -0.131. The van der Waals surface area contributed by atoms with E-state index in [0.717, 1.165) is 26.4 Å². The number of carboxylic acids is 1. The van der Waals surface area contributed by atoms with E-state index < -0.39 is 5.97 Å². The zero-order valence-electron chi connectivity index (χ0n) is 9.62. The largest absolute Gasteiger partial charge is 0.494 e. The summed E-state index contributed by atoms with van der Waals surface area (Å²) < 4.78 is 7.27. The predicted octanol–water partition coefficient (Wildman–Crippen LogP) is 3.39. The van der Waals surface area contributed by atoms with Crippen molar-refractivity contribution < 1.29 is 14.6 Å². The monoisotopic (exact) mass is 281 g/mol. The van der Waals surface area contributed by atoms with Gasteiger partial charge in [0.05, 0.1) is 16.8 Å². The number of hydrogen-bond acceptors (Lipinski definition) is 5. The van der Waals surface area contributed by atoms with Gasteiger partial charge in [-0.1, -0.05) is 11.8 Å². The number of fused-ring (bicyclic) bond motifs is 1. The lowest BCUT2D eigenvalue weighted by Crippen LogP contribution is -1.89. The quantitative estimate of drug-likeness (QED) is 0.672. The van der Waals surface area contributed by atoms with Crippen LogP contribution in [0.25, 0.3) is 10.2 Å². The first kappa shape index (κ1) is 12.9. The normalized spacial score (nSPS) is 11.2. The summed E-state index contributed by atoms with van der Waals surface area (Å²) >= 11 is 2.82. The smallest absolute Gasteiger partial charge is 0.328 e. The van der Waals surface area contributed by atoms with Gasteiger partial charge in [0.1, 0.15) is 5.75 Å². The second-order valence-corrected chi connectivity index (χ2v) is 5.48. The van der Waals surface area contributed by atoms with Crippen molar-refractivity contribution in [1.82, 2.24) is 4.98 Å². The molecule has 0 radical (unpaired) electrons. The first-order valence-corrected chi connectivity index (χ1v) is 6.98. The zero-order chi connectivity index (χ0) is 13.0.